The van der Waals surface area contributed by atoms with Gasteiger partial charge in [0, 0.05) is 24.0 Å². The van der Waals surface area contributed by atoms with E-state index in [0.29, 0.717) is 29.7 Å². The van der Waals surface area contributed by atoms with Crippen LogP contribution in [0, 0.1) is 11.8 Å². The zero-order chi connectivity index (χ0) is 19.8. The van der Waals surface area contributed by atoms with Crippen LogP contribution < -0.4 is 4.72 Å². The van der Waals surface area contributed by atoms with Gasteiger partial charge >= 0.3 is 0 Å². The smallest absolute Gasteiger partial charge is 0.261 e. The molecule has 0 saturated carbocycles. The zero-order valence-electron chi connectivity index (χ0n) is 15.1. The minimum atomic E-state index is -3.64. The normalized spacial score (nSPS) is 10.6. The number of carbonyl (C=O) groups excluding carboxylic acids is 1. The molecule has 0 heterocycles. The van der Waals surface area contributed by atoms with Crippen molar-refractivity contribution >= 4 is 21.5 Å². The Morgan fingerprint density at radius 1 is 0.857 bits per heavy atom. The minimum Gasteiger partial charge on any atom is -0.294 e. The fourth-order valence-corrected chi connectivity index (χ4v) is 3.65. The summed E-state index contributed by atoms with van der Waals surface area (Å²) in [4.78, 5) is 12.3. The fourth-order valence-electron chi connectivity index (χ4n) is 2.58. The van der Waals surface area contributed by atoms with Crippen molar-refractivity contribution in [2.24, 2.45) is 0 Å². The van der Waals surface area contributed by atoms with E-state index in [1.165, 1.54) is 12.1 Å². The summed E-state index contributed by atoms with van der Waals surface area (Å²) in [6.07, 6.45) is 0.783. The summed E-state index contributed by atoms with van der Waals surface area (Å²) in [5.74, 6) is 6.01. The Morgan fingerprint density at radius 2 is 1.54 bits per heavy atom. The predicted octanol–water partition coefficient (Wildman–Crippen LogP) is 4.50. The number of sulfonamides is 1. The van der Waals surface area contributed by atoms with Gasteiger partial charge in [-0.25, -0.2) is 8.42 Å². The molecule has 5 heteroatoms. The summed E-state index contributed by atoms with van der Waals surface area (Å²) in [6, 6.07) is 24.2. The molecule has 28 heavy (non-hydrogen) atoms. The molecule has 0 fully saturated rings. The van der Waals surface area contributed by atoms with Crippen LogP contribution in [0.15, 0.2) is 89.8 Å². The van der Waals surface area contributed by atoms with Gasteiger partial charge in [0.05, 0.1) is 10.6 Å². The van der Waals surface area contributed by atoms with E-state index in [9.17, 15) is 13.2 Å². The molecule has 0 unspecified atom stereocenters. The summed E-state index contributed by atoms with van der Waals surface area (Å²) in [7, 11) is -3.64. The van der Waals surface area contributed by atoms with Crippen LogP contribution in [0.1, 0.15) is 28.8 Å². The van der Waals surface area contributed by atoms with E-state index in [1.54, 1.807) is 54.6 Å². The van der Waals surface area contributed by atoms with Gasteiger partial charge in [0.15, 0.2) is 5.78 Å². The zero-order valence-corrected chi connectivity index (χ0v) is 15.9. The lowest BCUT2D eigenvalue weighted by Crippen LogP contribution is -2.12. The lowest BCUT2D eigenvalue weighted by molar-refractivity contribution is 0.0984. The number of hydrogen-bond acceptors (Lipinski definition) is 3. The van der Waals surface area contributed by atoms with Crippen molar-refractivity contribution in [3.05, 3.63) is 96.1 Å². The second-order valence-corrected chi connectivity index (χ2v) is 7.77. The summed E-state index contributed by atoms with van der Waals surface area (Å²) < 4.78 is 27.4. The van der Waals surface area contributed by atoms with E-state index >= 15 is 0 Å². The Morgan fingerprint density at radius 3 is 2.25 bits per heavy atom. The third-order valence-corrected chi connectivity index (χ3v) is 5.37. The number of Topliss-reactive ketones (excluding diaryl/α,β-unsaturated/α-hetero) is 1. The molecule has 0 saturated heterocycles. The van der Waals surface area contributed by atoms with Gasteiger partial charge in [0.25, 0.3) is 10.0 Å². The lowest BCUT2D eigenvalue weighted by Gasteiger charge is -2.08. The third kappa shape index (κ3) is 5.32. The Kier molecular flexibility index (Phi) is 6.25. The SMILES string of the molecule is O=C(CCC#Cc1cccc(NS(=O)(=O)c2ccccc2)c1)c1ccccc1. The molecular weight excluding hydrogens is 370 g/mol. The van der Waals surface area contributed by atoms with Gasteiger partial charge in [0.1, 0.15) is 0 Å². The number of rotatable bonds is 6. The summed E-state index contributed by atoms with van der Waals surface area (Å²) in [6.45, 7) is 0. The van der Waals surface area contributed by atoms with Crippen molar-refractivity contribution in [2.75, 3.05) is 4.72 Å². The summed E-state index contributed by atoms with van der Waals surface area (Å²) in [5.41, 5.74) is 1.80. The summed E-state index contributed by atoms with van der Waals surface area (Å²) >= 11 is 0. The third-order valence-electron chi connectivity index (χ3n) is 3.97. The molecule has 0 aliphatic heterocycles. The highest BCUT2D eigenvalue weighted by Gasteiger charge is 2.13. The fraction of sp³-hybridized carbons (Fsp3) is 0.0870. The molecule has 3 rings (SSSR count). The van der Waals surface area contributed by atoms with Gasteiger partial charge in [-0.15, -0.1) is 0 Å². The molecule has 3 aromatic carbocycles. The van der Waals surface area contributed by atoms with Crippen LogP contribution in [0.25, 0.3) is 0 Å². The average Bonchev–Trinajstić information content (AvgIpc) is 2.72. The van der Waals surface area contributed by atoms with Crippen LogP contribution in [-0.4, -0.2) is 14.2 Å². The van der Waals surface area contributed by atoms with Gasteiger partial charge in [-0.1, -0.05) is 66.4 Å². The first kappa shape index (κ1) is 19.4. The summed E-state index contributed by atoms with van der Waals surface area (Å²) in [5, 5.41) is 0. The van der Waals surface area contributed by atoms with Gasteiger partial charge < -0.3 is 0 Å². The molecule has 0 aliphatic carbocycles. The number of nitrogens with one attached hydrogen (secondary N) is 1. The predicted molar refractivity (Wildman–Crippen MR) is 111 cm³/mol. The standard InChI is InChI=1S/C23H19NO3S/c25-23(20-12-3-1-4-13-20)17-8-7-10-19-11-9-14-21(18-19)24-28(26,27)22-15-5-2-6-16-22/h1-6,9,11-16,18,24H,8,17H2. The highest BCUT2D eigenvalue weighted by molar-refractivity contribution is 7.92. The Hall–Kier alpha value is -3.36. The van der Waals surface area contributed by atoms with E-state index < -0.39 is 10.0 Å². The van der Waals surface area contributed by atoms with Gasteiger partial charge in [-0.3, -0.25) is 9.52 Å². The molecule has 3 aromatic rings. The van der Waals surface area contributed by atoms with Crippen molar-refractivity contribution in [1.82, 2.24) is 0 Å². The van der Waals surface area contributed by atoms with Crippen LogP contribution in [-0.2, 0) is 10.0 Å². The van der Waals surface area contributed by atoms with Crippen molar-refractivity contribution in [3.63, 3.8) is 0 Å². The molecule has 0 aromatic heterocycles. The van der Waals surface area contributed by atoms with E-state index in [-0.39, 0.29) is 10.7 Å². The molecule has 0 radical (unpaired) electrons. The average molecular weight is 389 g/mol. The molecule has 0 amide bonds. The van der Waals surface area contributed by atoms with Gasteiger partial charge in [-0.05, 0) is 30.3 Å². The van der Waals surface area contributed by atoms with Crippen molar-refractivity contribution in [3.8, 4) is 11.8 Å². The van der Waals surface area contributed by atoms with Crippen LogP contribution in [0.4, 0.5) is 5.69 Å². The number of ketones is 1. The largest absolute Gasteiger partial charge is 0.294 e. The van der Waals surface area contributed by atoms with Crippen LogP contribution in [0.5, 0.6) is 0 Å². The van der Waals surface area contributed by atoms with Crippen LogP contribution in [0.2, 0.25) is 0 Å². The first-order valence-corrected chi connectivity index (χ1v) is 10.3. The molecular formula is C23H19NO3S. The van der Waals surface area contributed by atoms with E-state index in [0.717, 1.165) is 0 Å². The molecule has 0 bridgehead atoms. The topological polar surface area (TPSA) is 63.2 Å². The van der Waals surface area contributed by atoms with Crippen molar-refractivity contribution in [1.29, 1.82) is 0 Å². The molecule has 0 spiro atoms. The Bertz CT molecular complexity index is 1110. The lowest BCUT2D eigenvalue weighted by atomic mass is 10.1. The monoisotopic (exact) mass is 389 g/mol. The van der Waals surface area contributed by atoms with Crippen molar-refractivity contribution in [2.45, 2.75) is 17.7 Å². The quantitative estimate of drug-likeness (QED) is 0.499. The van der Waals surface area contributed by atoms with Crippen LogP contribution >= 0.6 is 0 Å². The number of anilines is 1. The molecule has 0 aliphatic rings. The second-order valence-electron chi connectivity index (χ2n) is 6.09. The molecule has 4 nitrogen and oxygen atoms in total. The maximum absolute atomic E-state index is 12.4. The van der Waals surface area contributed by atoms with E-state index in [1.807, 2.05) is 18.2 Å². The van der Waals surface area contributed by atoms with Crippen molar-refractivity contribution < 1.29 is 13.2 Å². The van der Waals surface area contributed by atoms with E-state index in [2.05, 4.69) is 16.6 Å². The van der Waals surface area contributed by atoms with E-state index in [4.69, 9.17) is 0 Å². The number of hydrogen-bond donors (Lipinski definition) is 1. The Balaban J connectivity index is 1.63. The molecule has 1 N–H and O–H groups in total. The van der Waals surface area contributed by atoms with Gasteiger partial charge in [-0.2, -0.15) is 0 Å². The molecule has 140 valence electrons. The van der Waals surface area contributed by atoms with Gasteiger partial charge in [0.2, 0.25) is 0 Å². The second kappa shape index (κ2) is 9.03. The number of carbonyl (C=O) groups is 1. The minimum absolute atomic E-state index is 0.0549. The highest BCUT2D eigenvalue weighted by Crippen LogP contribution is 2.16. The Labute approximate surface area is 165 Å². The molecule has 0 atom stereocenters. The maximum Gasteiger partial charge on any atom is 0.261 e. The first-order chi connectivity index (χ1) is 13.5. The first-order valence-electron chi connectivity index (χ1n) is 8.80. The highest BCUT2D eigenvalue weighted by atomic mass is 32.2. The number of benzene rings is 3. The maximum atomic E-state index is 12.4. The van der Waals surface area contributed by atoms with Crippen LogP contribution in [0.3, 0.4) is 0 Å².